The lowest BCUT2D eigenvalue weighted by Crippen LogP contribution is -2.41. The Morgan fingerprint density at radius 1 is 1.30 bits per heavy atom. The molecule has 0 aliphatic heterocycles. The SMILES string of the molecule is C=CCn1c(SCC(=O)N[C@@H]2CCCC[C@@H]2C)nnc1-c1ccc(C)cc1. The summed E-state index contributed by atoms with van der Waals surface area (Å²) in [6, 6.07) is 8.53. The average Bonchev–Trinajstić information content (AvgIpc) is 3.06. The molecule has 0 unspecified atom stereocenters. The van der Waals surface area contributed by atoms with Crippen molar-refractivity contribution in [1.82, 2.24) is 20.1 Å². The Balaban J connectivity index is 1.66. The minimum Gasteiger partial charge on any atom is -0.352 e. The summed E-state index contributed by atoms with van der Waals surface area (Å²) >= 11 is 1.43. The quantitative estimate of drug-likeness (QED) is 0.573. The molecule has 1 aromatic heterocycles. The molecule has 1 aromatic carbocycles. The van der Waals surface area contributed by atoms with E-state index in [4.69, 9.17) is 0 Å². The largest absolute Gasteiger partial charge is 0.352 e. The first-order chi connectivity index (χ1) is 13.1. The first-order valence-corrected chi connectivity index (χ1v) is 10.6. The lowest BCUT2D eigenvalue weighted by molar-refractivity contribution is -0.119. The highest BCUT2D eigenvalue weighted by atomic mass is 32.2. The molecule has 1 N–H and O–H groups in total. The van der Waals surface area contributed by atoms with Gasteiger partial charge in [-0.05, 0) is 25.7 Å². The molecular weight excluding hydrogens is 356 g/mol. The minimum atomic E-state index is 0.0730. The monoisotopic (exact) mass is 384 g/mol. The summed E-state index contributed by atoms with van der Waals surface area (Å²) < 4.78 is 2.01. The van der Waals surface area contributed by atoms with Crippen molar-refractivity contribution in [2.75, 3.05) is 5.75 Å². The molecule has 27 heavy (non-hydrogen) atoms. The van der Waals surface area contributed by atoms with Crippen LogP contribution in [-0.2, 0) is 11.3 Å². The van der Waals surface area contributed by atoms with Crippen LogP contribution < -0.4 is 5.32 Å². The number of hydrogen-bond donors (Lipinski definition) is 1. The molecule has 1 aliphatic rings. The Morgan fingerprint density at radius 2 is 2.04 bits per heavy atom. The maximum atomic E-state index is 12.4. The lowest BCUT2D eigenvalue weighted by atomic mass is 9.86. The van der Waals surface area contributed by atoms with Crippen molar-refractivity contribution in [2.24, 2.45) is 5.92 Å². The number of carbonyl (C=O) groups is 1. The minimum absolute atomic E-state index is 0.0730. The van der Waals surface area contributed by atoms with Gasteiger partial charge in [0.05, 0.1) is 5.75 Å². The second-order valence-electron chi connectivity index (χ2n) is 7.30. The first-order valence-electron chi connectivity index (χ1n) is 9.61. The summed E-state index contributed by atoms with van der Waals surface area (Å²) in [5.41, 5.74) is 2.22. The first kappa shape index (κ1) is 19.7. The summed E-state index contributed by atoms with van der Waals surface area (Å²) in [6.45, 7) is 8.74. The van der Waals surface area contributed by atoms with E-state index >= 15 is 0 Å². The van der Waals surface area contributed by atoms with Crippen LogP contribution in [0.15, 0.2) is 42.1 Å². The summed E-state index contributed by atoms with van der Waals surface area (Å²) in [4.78, 5) is 12.4. The Kier molecular flexibility index (Phi) is 6.72. The summed E-state index contributed by atoms with van der Waals surface area (Å²) in [6.07, 6.45) is 6.59. The van der Waals surface area contributed by atoms with Gasteiger partial charge in [0.1, 0.15) is 0 Å². The van der Waals surface area contributed by atoms with Crippen molar-refractivity contribution in [3.05, 3.63) is 42.5 Å². The third kappa shape index (κ3) is 5.01. The molecule has 0 saturated heterocycles. The summed E-state index contributed by atoms with van der Waals surface area (Å²) in [7, 11) is 0. The molecular formula is C21H28N4OS. The molecule has 2 atom stereocenters. The van der Waals surface area contributed by atoms with Crippen LogP contribution in [0.2, 0.25) is 0 Å². The third-order valence-corrected chi connectivity index (χ3v) is 6.10. The second kappa shape index (κ2) is 9.22. The van der Waals surface area contributed by atoms with Crippen molar-refractivity contribution in [3.63, 3.8) is 0 Å². The molecule has 5 nitrogen and oxygen atoms in total. The Morgan fingerprint density at radius 3 is 2.74 bits per heavy atom. The van der Waals surface area contributed by atoms with Crippen molar-refractivity contribution >= 4 is 17.7 Å². The highest BCUT2D eigenvalue weighted by Crippen LogP contribution is 2.26. The average molecular weight is 385 g/mol. The topological polar surface area (TPSA) is 59.8 Å². The fourth-order valence-corrected chi connectivity index (χ4v) is 4.27. The molecule has 0 spiro atoms. The Labute approximate surface area is 165 Å². The standard InChI is InChI=1S/C21H28N4OS/c1-4-13-25-20(17-11-9-15(2)10-12-17)23-24-21(25)27-14-19(26)22-18-8-6-5-7-16(18)3/h4,9-12,16,18H,1,5-8,13-14H2,2-3H3,(H,22,26)/t16-,18+/m0/s1. The Bertz CT molecular complexity index is 784. The van der Waals surface area contributed by atoms with E-state index in [0.29, 0.717) is 24.3 Å². The van der Waals surface area contributed by atoms with E-state index in [9.17, 15) is 4.79 Å². The molecule has 144 valence electrons. The molecule has 0 radical (unpaired) electrons. The summed E-state index contributed by atoms with van der Waals surface area (Å²) in [5.74, 6) is 1.79. The van der Waals surface area contributed by atoms with Gasteiger partial charge < -0.3 is 5.32 Å². The van der Waals surface area contributed by atoms with Crippen LogP contribution >= 0.6 is 11.8 Å². The van der Waals surface area contributed by atoms with Gasteiger partial charge in [-0.2, -0.15) is 0 Å². The van der Waals surface area contributed by atoms with E-state index in [1.807, 2.05) is 22.8 Å². The van der Waals surface area contributed by atoms with E-state index in [-0.39, 0.29) is 5.91 Å². The number of amides is 1. The highest BCUT2D eigenvalue weighted by Gasteiger charge is 2.23. The fraction of sp³-hybridized carbons (Fsp3) is 0.476. The van der Waals surface area contributed by atoms with Crippen LogP contribution in [0.4, 0.5) is 0 Å². The number of nitrogens with one attached hydrogen (secondary N) is 1. The predicted octanol–water partition coefficient (Wildman–Crippen LogP) is 4.23. The molecule has 2 aromatic rings. The van der Waals surface area contributed by atoms with Gasteiger partial charge >= 0.3 is 0 Å². The van der Waals surface area contributed by atoms with Crippen molar-refractivity contribution < 1.29 is 4.79 Å². The van der Waals surface area contributed by atoms with Gasteiger partial charge in [-0.25, -0.2) is 0 Å². The number of thioether (sulfide) groups is 1. The molecule has 1 saturated carbocycles. The van der Waals surface area contributed by atoms with E-state index < -0.39 is 0 Å². The molecule has 1 amide bonds. The number of aromatic nitrogens is 3. The zero-order valence-electron chi connectivity index (χ0n) is 16.1. The van der Waals surface area contributed by atoms with Crippen molar-refractivity contribution in [1.29, 1.82) is 0 Å². The van der Waals surface area contributed by atoms with Crippen LogP contribution in [0.25, 0.3) is 11.4 Å². The normalized spacial score (nSPS) is 19.6. The number of rotatable bonds is 7. The lowest BCUT2D eigenvalue weighted by Gasteiger charge is -2.29. The number of aryl methyl sites for hydroxylation is 1. The fourth-order valence-electron chi connectivity index (χ4n) is 3.51. The van der Waals surface area contributed by atoms with Crippen LogP contribution in [0.1, 0.15) is 38.2 Å². The molecule has 6 heteroatoms. The number of nitrogens with zero attached hydrogens (tertiary/aromatic N) is 3. The molecule has 1 aliphatic carbocycles. The van der Waals surface area contributed by atoms with Crippen LogP contribution in [0.3, 0.4) is 0 Å². The number of allylic oxidation sites excluding steroid dienone is 1. The number of hydrogen-bond acceptors (Lipinski definition) is 4. The van der Waals surface area contributed by atoms with Gasteiger partial charge in [-0.15, -0.1) is 16.8 Å². The van der Waals surface area contributed by atoms with E-state index in [0.717, 1.165) is 23.0 Å². The zero-order chi connectivity index (χ0) is 19.2. The molecule has 1 fully saturated rings. The van der Waals surface area contributed by atoms with Gasteiger partial charge in [-0.1, -0.05) is 67.4 Å². The van der Waals surface area contributed by atoms with Crippen molar-refractivity contribution in [3.8, 4) is 11.4 Å². The van der Waals surface area contributed by atoms with Gasteiger partial charge in [-0.3, -0.25) is 9.36 Å². The van der Waals surface area contributed by atoms with Crippen LogP contribution in [0, 0.1) is 12.8 Å². The number of benzene rings is 1. The second-order valence-corrected chi connectivity index (χ2v) is 8.24. The molecule has 0 bridgehead atoms. The van der Waals surface area contributed by atoms with Crippen LogP contribution in [-0.4, -0.2) is 32.5 Å². The van der Waals surface area contributed by atoms with Crippen molar-refractivity contribution in [2.45, 2.75) is 57.3 Å². The van der Waals surface area contributed by atoms with E-state index in [2.05, 4.69) is 48.1 Å². The number of carbonyl (C=O) groups excluding carboxylic acids is 1. The smallest absolute Gasteiger partial charge is 0.230 e. The van der Waals surface area contributed by atoms with Gasteiger partial charge in [0, 0.05) is 18.2 Å². The van der Waals surface area contributed by atoms with Crippen LogP contribution in [0.5, 0.6) is 0 Å². The Hall–Kier alpha value is -2.08. The van der Waals surface area contributed by atoms with Gasteiger partial charge in [0.15, 0.2) is 11.0 Å². The van der Waals surface area contributed by atoms with Gasteiger partial charge in [0.25, 0.3) is 0 Å². The predicted molar refractivity (Wildman–Crippen MR) is 111 cm³/mol. The van der Waals surface area contributed by atoms with E-state index in [1.165, 1.54) is 36.6 Å². The molecule has 1 heterocycles. The zero-order valence-corrected chi connectivity index (χ0v) is 17.0. The van der Waals surface area contributed by atoms with E-state index in [1.54, 1.807) is 0 Å². The highest BCUT2D eigenvalue weighted by molar-refractivity contribution is 7.99. The summed E-state index contributed by atoms with van der Waals surface area (Å²) in [5, 5.41) is 12.6. The third-order valence-electron chi connectivity index (χ3n) is 5.13. The maximum Gasteiger partial charge on any atom is 0.230 e. The van der Waals surface area contributed by atoms with Gasteiger partial charge in [0.2, 0.25) is 5.91 Å². The molecule has 3 rings (SSSR count). The maximum absolute atomic E-state index is 12.4.